The van der Waals surface area contributed by atoms with Gasteiger partial charge in [-0.2, -0.15) is 0 Å². The maximum absolute atomic E-state index is 13.9. The number of nitrogens with zero attached hydrogens (tertiary/aromatic N) is 2. The highest BCUT2D eigenvalue weighted by atomic mass is 19.1. The Morgan fingerprint density at radius 2 is 2.12 bits per heavy atom. The van der Waals surface area contributed by atoms with E-state index in [-0.39, 0.29) is 18.0 Å². The molecule has 138 valence electrons. The van der Waals surface area contributed by atoms with Crippen LogP contribution in [0.4, 0.5) is 8.78 Å². The van der Waals surface area contributed by atoms with Gasteiger partial charge in [0.2, 0.25) is 0 Å². The number of amides is 1. The second-order valence-corrected chi connectivity index (χ2v) is 6.49. The highest BCUT2D eigenvalue weighted by molar-refractivity contribution is 6.00. The highest BCUT2D eigenvalue weighted by Crippen LogP contribution is 2.25. The van der Waals surface area contributed by atoms with Crippen LogP contribution in [0.3, 0.4) is 0 Å². The summed E-state index contributed by atoms with van der Waals surface area (Å²) in [6.07, 6.45) is 1.70. The molecule has 0 bridgehead atoms. The molecule has 0 spiro atoms. The van der Waals surface area contributed by atoms with Crippen molar-refractivity contribution >= 4 is 11.7 Å². The zero-order valence-electron chi connectivity index (χ0n) is 14.7. The SMILES string of the molecule is CCc1noc(C)c1C(=O)N1CCC[C@@H](C(=O)c2cc(F)ccc2F)C1. The summed E-state index contributed by atoms with van der Waals surface area (Å²) in [6, 6.07) is 2.84. The third kappa shape index (κ3) is 3.38. The summed E-state index contributed by atoms with van der Waals surface area (Å²) in [4.78, 5) is 27.1. The van der Waals surface area contributed by atoms with Crippen molar-refractivity contribution in [2.75, 3.05) is 13.1 Å². The van der Waals surface area contributed by atoms with Crippen molar-refractivity contribution in [2.24, 2.45) is 5.92 Å². The van der Waals surface area contributed by atoms with Gasteiger partial charge in [-0.1, -0.05) is 12.1 Å². The van der Waals surface area contributed by atoms with Crippen molar-refractivity contribution in [1.29, 1.82) is 0 Å². The monoisotopic (exact) mass is 362 g/mol. The maximum Gasteiger partial charge on any atom is 0.259 e. The number of piperidine rings is 1. The molecule has 1 aromatic carbocycles. The number of likely N-dealkylation sites (tertiary alicyclic amines) is 1. The first kappa shape index (κ1) is 18.2. The Bertz CT molecular complexity index is 847. The average molecular weight is 362 g/mol. The Morgan fingerprint density at radius 3 is 2.85 bits per heavy atom. The lowest BCUT2D eigenvalue weighted by Crippen LogP contribution is -2.42. The van der Waals surface area contributed by atoms with Crippen LogP contribution in [0.1, 0.15) is 51.9 Å². The van der Waals surface area contributed by atoms with Crippen LogP contribution >= 0.6 is 0 Å². The molecule has 26 heavy (non-hydrogen) atoms. The van der Waals surface area contributed by atoms with Gasteiger partial charge in [0.05, 0.1) is 11.3 Å². The molecule has 0 radical (unpaired) electrons. The van der Waals surface area contributed by atoms with Gasteiger partial charge in [-0.25, -0.2) is 8.78 Å². The van der Waals surface area contributed by atoms with Gasteiger partial charge < -0.3 is 9.42 Å². The Hall–Kier alpha value is -2.57. The zero-order chi connectivity index (χ0) is 18.8. The minimum absolute atomic E-state index is 0.168. The summed E-state index contributed by atoms with van der Waals surface area (Å²) in [5.41, 5.74) is 0.745. The minimum atomic E-state index is -0.747. The molecule has 0 unspecified atom stereocenters. The molecule has 2 heterocycles. The molecular weight excluding hydrogens is 342 g/mol. The third-order valence-corrected chi connectivity index (χ3v) is 4.76. The second-order valence-electron chi connectivity index (χ2n) is 6.49. The Kier molecular flexibility index (Phi) is 5.15. The number of rotatable bonds is 4. The molecule has 3 rings (SSSR count). The number of carbonyl (C=O) groups is 2. The number of aromatic nitrogens is 1. The van der Waals surface area contributed by atoms with Crippen molar-refractivity contribution < 1.29 is 22.9 Å². The molecule has 1 aliphatic rings. The van der Waals surface area contributed by atoms with E-state index in [1.165, 1.54) is 0 Å². The van der Waals surface area contributed by atoms with E-state index in [2.05, 4.69) is 5.16 Å². The Morgan fingerprint density at radius 1 is 1.35 bits per heavy atom. The topological polar surface area (TPSA) is 63.4 Å². The van der Waals surface area contributed by atoms with E-state index in [1.807, 2.05) is 6.92 Å². The van der Waals surface area contributed by atoms with E-state index in [4.69, 9.17) is 4.52 Å². The molecule has 1 aromatic heterocycles. The number of carbonyl (C=O) groups excluding carboxylic acids is 2. The first-order chi connectivity index (χ1) is 12.4. The van der Waals surface area contributed by atoms with Crippen molar-refractivity contribution in [1.82, 2.24) is 10.1 Å². The molecule has 1 atom stereocenters. The van der Waals surface area contributed by atoms with Crippen LogP contribution in [0, 0.1) is 24.5 Å². The molecule has 0 aliphatic carbocycles. The van der Waals surface area contributed by atoms with Gasteiger partial charge in [0, 0.05) is 19.0 Å². The molecule has 0 saturated carbocycles. The van der Waals surface area contributed by atoms with E-state index in [0.29, 0.717) is 42.8 Å². The van der Waals surface area contributed by atoms with E-state index in [0.717, 1.165) is 18.2 Å². The largest absolute Gasteiger partial charge is 0.361 e. The number of halogens is 2. The Labute approximate surface area is 150 Å². The quantitative estimate of drug-likeness (QED) is 0.780. The highest BCUT2D eigenvalue weighted by Gasteiger charge is 2.33. The van der Waals surface area contributed by atoms with Gasteiger partial charge in [-0.05, 0) is 44.4 Å². The number of aryl methyl sites for hydroxylation is 2. The molecule has 2 aromatic rings. The molecular formula is C19H20F2N2O3. The fourth-order valence-electron chi connectivity index (χ4n) is 3.37. The third-order valence-electron chi connectivity index (χ3n) is 4.76. The first-order valence-electron chi connectivity index (χ1n) is 8.66. The summed E-state index contributed by atoms with van der Waals surface area (Å²) in [6.45, 7) is 4.22. The number of ketones is 1. The average Bonchev–Trinajstić information content (AvgIpc) is 3.03. The molecule has 1 aliphatic heterocycles. The smallest absolute Gasteiger partial charge is 0.259 e. The van der Waals surface area contributed by atoms with E-state index in [9.17, 15) is 18.4 Å². The van der Waals surface area contributed by atoms with Crippen molar-refractivity contribution in [2.45, 2.75) is 33.1 Å². The molecule has 0 N–H and O–H groups in total. The summed E-state index contributed by atoms with van der Waals surface area (Å²) < 4.78 is 32.4. The summed E-state index contributed by atoms with van der Waals surface area (Å²) >= 11 is 0. The van der Waals surface area contributed by atoms with Gasteiger partial charge >= 0.3 is 0 Å². The van der Waals surface area contributed by atoms with Gasteiger partial charge in [0.1, 0.15) is 23.0 Å². The van der Waals surface area contributed by atoms with Gasteiger partial charge in [0.25, 0.3) is 5.91 Å². The van der Waals surface area contributed by atoms with Crippen LogP contribution in [-0.2, 0) is 6.42 Å². The normalized spacial score (nSPS) is 17.4. The van der Waals surface area contributed by atoms with Crippen LogP contribution in [-0.4, -0.2) is 34.8 Å². The van der Waals surface area contributed by atoms with Gasteiger partial charge in [-0.3, -0.25) is 9.59 Å². The fourth-order valence-corrected chi connectivity index (χ4v) is 3.37. The second kappa shape index (κ2) is 7.35. The lowest BCUT2D eigenvalue weighted by Gasteiger charge is -2.32. The van der Waals surface area contributed by atoms with Gasteiger partial charge in [0.15, 0.2) is 5.78 Å². The summed E-state index contributed by atoms with van der Waals surface area (Å²) in [5.74, 6) is -2.24. The summed E-state index contributed by atoms with van der Waals surface area (Å²) in [7, 11) is 0. The van der Waals surface area contributed by atoms with E-state index < -0.39 is 23.3 Å². The number of hydrogen-bond donors (Lipinski definition) is 0. The van der Waals surface area contributed by atoms with Crippen LogP contribution in [0.25, 0.3) is 0 Å². The number of benzene rings is 1. The van der Waals surface area contributed by atoms with Crippen LogP contribution in [0.5, 0.6) is 0 Å². The lowest BCUT2D eigenvalue weighted by molar-refractivity contribution is 0.0633. The van der Waals surface area contributed by atoms with Crippen molar-refractivity contribution in [3.63, 3.8) is 0 Å². The lowest BCUT2D eigenvalue weighted by atomic mass is 9.89. The van der Waals surface area contributed by atoms with Gasteiger partial charge in [-0.15, -0.1) is 0 Å². The standard InChI is InChI=1S/C19H20F2N2O3/c1-3-16-17(11(2)26-22-16)19(25)23-8-4-5-12(10-23)18(24)14-9-13(20)6-7-15(14)21/h6-7,9,12H,3-5,8,10H2,1-2H3/t12-/m1/s1. The van der Waals surface area contributed by atoms with Crippen LogP contribution in [0.15, 0.2) is 22.7 Å². The molecule has 1 fully saturated rings. The molecule has 7 heteroatoms. The van der Waals surface area contributed by atoms with Crippen molar-refractivity contribution in [3.8, 4) is 0 Å². The van der Waals surface area contributed by atoms with E-state index in [1.54, 1.807) is 11.8 Å². The van der Waals surface area contributed by atoms with E-state index >= 15 is 0 Å². The predicted octanol–water partition coefficient (Wildman–Crippen LogP) is 3.56. The zero-order valence-corrected chi connectivity index (χ0v) is 14.7. The maximum atomic E-state index is 13.9. The Balaban J connectivity index is 1.81. The predicted molar refractivity (Wildman–Crippen MR) is 89.9 cm³/mol. The molecule has 1 amide bonds. The first-order valence-corrected chi connectivity index (χ1v) is 8.66. The van der Waals surface area contributed by atoms with Crippen LogP contribution < -0.4 is 0 Å². The fraction of sp³-hybridized carbons (Fsp3) is 0.421. The van der Waals surface area contributed by atoms with Crippen LogP contribution in [0.2, 0.25) is 0 Å². The molecule has 1 saturated heterocycles. The number of Topliss-reactive ketones (excluding diaryl/α,β-unsaturated/α-hetero) is 1. The summed E-state index contributed by atoms with van der Waals surface area (Å²) in [5, 5.41) is 3.89. The van der Waals surface area contributed by atoms with Crippen molar-refractivity contribution in [3.05, 3.63) is 52.4 Å². The minimum Gasteiger partial charge on any atom is -0.361 e. The molecule has 5 nitrogen and oxygen atoms in total. The number of hydrogen-bond acceptors (Lipinski definition) is 4.